The molecule has 37 heavy (non-hydrogen) atoms. The number of unbranched alkanes of at least 4 members (excludes halogenated alkanes) is 2. The Hall–Kier alpha value is -2.97. The Morgan fingerprint density at radius 3 is 2.00 bits per heavy atom. The van der Waals surface area contributed by atoms with Gasteiger partial charge in [-0.15, -0.1) is 11.8 Å². The number of allylic oxidation sites excluding steroid dienone is 1. The third-order valence-electron chi connectivity index (χ3n) is 5.27. The summed E-state index contributed by atoms with van der Waals surface area (Å²) in [6.45, 7) is 1.78. The number of para-hydroxylation sites is 1. The van der Waals surface area contributed by atoms with Gasteiger partial charge in [-0.1, -0.05) is 36.4 Å². The molecule has 0 aliphatic rings. The van der Waals surface area contributed by atoms with Crippen LogP contribution >= 0.6 is 11.8 Å². The van der Waals surface area contributed by atoms with Gasteiger partial charge in [0.1, 0.15) is 16.9 Å². The van der Waals surface area contributed by atoms with E-state index in [1.54, 1.807) is 11.8 Å². The highest BCUT2D eigenvalue weighted by molar-refractivity contribution is 7.99. The molecule has 0 amide bonds. The summed E-state index contributed by atoms with van der Waals surface area (Å²) in [5.41, 5.74) is 0.961. The Labute approximate surface area is 223 Å². The maximum absolute atomic E-state index is 10.7. The van der Waals surface area contributed by atoms with Crippen LogP contribution in [0.3, 0.4) is 0 Å². The van der Waals surface area contributed by atoms with Gasteiger partial charge < -0.3 is 24.4 Å². The SMILES string of the molecule is O=C(O)CCCCOC(/C=C\Cc1ccc(OCCCCOc2ccccc2)cc1)SCCCC(=O)O. The summed E-state index contributed by atoms with van der Waals surface area (Å²) >= 11 is 1.56. The second-order valence-electron chi connectivity index (χ2n) is 8.45. The van der Waals surface area contributed by atoms with Gasteiger partial charge in [0.05, 0.1) is 13.2 Å². The van der Waals surface area contributed by atoms with Crippen molar-refractivity contribution in [3.63, 3.8) is 0 Å². The average Bonchev–Trinajstić information content (AvgIpc) is 2.89. The number of carboxylic acid groups (broad SMARTS) is 2. The van der Waals surface area contributed by atoms with Crippen LogP contribution in [0.5, 0.6) is 11.5 Å². The third kappa shape index (κ3) is 15.7. The maximum Gasteiger partial charge on any atom is 0.303 e. The molecule has 2 aromatic carbocycles. The van der Waals surface area contributed by atoms with Crippen LogP contribution in [-0.2, 0) is 20.7 Å². The second-order valence-corrected chi connectivity index (χ2v) is 9.66. The lowest BCUT2D eigenvalue weighted by molar-refractivity contribution is -0.138. The number of carbonyl (C=O) groups is 2. The van der Waals surface area contributed by atoms with E-state index in [2.05, 4.69) is 6.08 Å². The standard InChI is InChI=1S/C29H38O7S/c30-27(31)13-4-5-22-36-29(37-23-9-14-28(32)33)15-8-10-24-16-18-26(19-17-24)35-21-7-6-20-34-25-11-2-1-3-12-25/h1-3,8,11-12,15-19,29H,4-7,9-10,13-14,20-23H2,(H,30,31)(H,32,33)/b15-8-. The first-order valence-electron chi connectivity index (χ1n) is 12.8. The third-order valence-corrected chi connectivity index (χ3v) is 6.42. The summed E-state index contributed by atoms with van der Waals surface area (Å²) < 4.78 is 17.4. The summed E-state index contributed by atoms with van der Waals surface area (Å²) in [6.07, 6.45) is 8.72. The largest absolute Gasteiger partial charge is 0.494 e. The van der Waals surface area contributed by atoms with E-state index in [1.807, 2.05) is 60.7 Å². The van der Waals surface area contributed by atoms with Crippen molar-refractivity contribution in [1.29, 1.82) is 0 Å². The molecule has 2 aromatic rings. The van der Waals surface area contributed by atoms with Gasteiger partial charge >= 0.3 is 11.9 Å². The zero-order valence-corrected chi connectivity index (χ0v) is 22.1. The van der Waals surface area contributed by atoms with Crippen LogP contribution in [0.1, 0.15) is 50.5 Å². The smallest absolute Gasteiger partial charge is 0.303 e. The number of hydrogen-bond acceptors (Lipinski definition) is 6. The number of rotatable bonds is 21. The number of benzene rings is 2. The van der Waals surface area contributed by atoms with E-state index in [9.17, 15) is 9.59 Å². The molecule has 7 nitrogen and oxygen atoms in total. The van der Waals surface area contributed by atoms with Crippen LogP contribution in [0, 0.1) is 0 Å². The molecule has 1 atom stereocenters. The lowest BCUT2D eigenvalue weighted by Crippen LogP contribution is -2.09. The Morgan fingerprint density at radius 2 is 1.35 bits per heavy atom. The molecule has 202 valence electrons. The quantitative estimate of drug-likeness (QED) is 0.111. The molecule has 0 aliphatic heterocycles. The van der Waals surface area contributed by atoms with Gasteiger partial charge in [-0.25, -0.2) is 0 Å². The van der Waals surface area contributed by atoms with E-state index < -0.39 is 11.9 Å². The van der Waals surface area contributed by atoms with E-state index in [4.69, 9.17) is 24.4 Å². The van der Waals surface area contributed by atoms with E-state index in [1.165, 1.54) is 0 Å². The van der Waals surface area contributed by atoms with Crippen molar-refractivity contribution in [2.24, 2.45) is 0 Å². The van der Waals surface area contributed by atoms with Crippen LogP contribution in [0.15, 0.2) is 66.7 Å². The van der Waals surface area contributed by atoms with Gasteiger partial charge in [0, 0.05) is 19.4 Å². The van der Waals surface area contributed by atoms with E-state index in [0.717, 1.165) is 36.3 Å². The molecule has 8 heteroatoms. The Kier molecular flexibility index (Phi) is 15.7. The second kappa shape index (κ2) is 19.2. The minimum atomic E-state index is -0.802. The molecular weight excluding hydrogens is 492 g/mol. The Bertz CT molecular complexity index is 916. The van der Waals surface area contributed by atoms with E-state index in [0.29, 0.717) is 44.8 Å². The van der Waals surface area contributed by atoms with Gasteiger partial charge in [-0.3, -0.25) is 9.59 Å². The van der Waals surface area contributed by atoms with Crippen molar-refractivity contribution in [3.8, 4) is 11.5 Å². The minimum Gasteiger partial charge on any atom is -0.494 e. The topological polar surface area (TPSA) is 102 Å². The molecule has 0 radical (unpaired) electrons. The summed E-state index contributed by atoms with van der Waals surface area (Å²) in [7, 11) is 0. The average molecular weight is 531 g/mol. The zero-order valence-electron chi connectivity index (χ0n) is 21.3. The van der Waals surface area contributed by atoms with Crippen molar-refractivity contribution in [3.05, 3.63) is 72.3 Å². The minimum absolute atomic E-state index is 0.137. The Morgan fingerprint density at radius 1 is 0.757 bits per heavy atom. The van der Waals surface area contributed by atoms with Crippen molar-refractivity contribution in [1.82, 2.24) is 0 Å². The highest BCUT2D eigenvalue weighted by atomic mass is 32.2. The number of hydrogen-bond donors (Lipinski definition) is 2. The fourth-order valence-corrected chi connectivity index (χ4v) is 4.26. The molecular formula is C29H38O7S. The van der Waals surface area contributed by atoms with Crippen LogP contribution in [0.2, 0.25) is 0 Å². The monoisotopic (exact) mass is 530 g/mol. The predicted octanol–water partition coefficient (Wildman–Crippen LogP) is 6.22. The molecule has 0 fully saturated rings. The molecule has 1 unspecified atom stereocenters. The number of carboxylic acids is 2. The van der Waals surface area contributed by atoms with E-state index >= 15 is 0 Å². The van der Waals surface area contributed by atoms with Crippen LogP contribution in [0.25, 0.3) is 0 Å². The van der Waals surface area contributed by atoms with Crippen molar-refractivity contribution in [2.75, 3.05) is 25.6 Å². The maximum atomic E-state index is 10.7. The van der Waals surface area contributed by atoms with Crippen LogP contribution < -0.4 is 9.47 Å². The number of ether oxygens (including phenoxy) is 3. The van der Waals surface area contributed by atoms with Crippen LogP contribution in [0.4, 0.5) is 0 Å². The molecule has 2 N–H and O–H groups in total. The molecule has 0 saturated heterocycles. The van der Waals surface area contributed by atoms with Gasteiger partial charge in [-0.05, 0) is 80.2 Å². The molecule has 0 heterocycles. The Balaban J connectivity index is 1.67. The van der Waals surface area contributed by atoms with Crippen molar-refractivity contribution in [2.45, 2.75) is 56.8 Å². The molecule has 0 aliphatic carbocycles. The predicted molar refractivity (Wildman–Crippen MR) is 147 cm³/mol. The van der Waals surface area contributed by atoms with Gasteiger partial charge in [0.15, 0.2) is 0 Å². The van der Waals surface area contributed by atoms with Gasteiger partial charge in [0.25, 0.3) is 0 Å². The summed E-state index contributed by atoms with van der Waals surface area (Å²) in [6, 6.07) is 17.8. The fraction of sp³-hybridized carbons (Fsp3) is 0.448. The molecule has 0 saturated carbocycles. The molecule has 0 bridgehead atoms. The first-order chi connectivity index (χ1) is 18.0. The number of thioether (sulfide) groups is 1. The highest BCUT2D eigenvalue weighted by Gasteiger charge is 2.07. The first kappa shape index (κ1) is 30.3. The number of aliphatic carboxylic acids is 2. The summed E-state index contributed by atoms with van der Waals surface area (Å²) in [4.78, 5) is 21.4. The summed E-state index contributed by atoms with van der Waals surface area (Å²) in [5.74, 6) is 0.809. The van der Waals surface area contributed by atoms with Crippen LogP contribution in [-0.4, -0.2) is 53.2 Å². The molecule has 0 spiro atoms. The van der Waals surface area contributed by atoms with Crippen molar-refractivity contribution >= 4 is 23.7 Å². The van der Waals surface area contributed by atoms with Gasteiger partial charge in [0.2, 0.25) is 0 Å². The molecule has 2 rings (SSSR count). The molecule has 0 aromatic heterocycles. The summed E-state index contributed by atoms with van der Waals surface area (Å²) in [5, 5.41) is 17.6. The zero-order chi connectivity index (χ0) is 26.6. The lowest BCUT2D eigenvalue weighted by Gasteiger charge is -2.14. The van der Waals surface area contributed by atoms with Gasteiger partial charge in [-0.2, -0.15) is 0 Å². The highest BCUT2D eigenvalue weighted by Crippen LogP contribution is 2.18. The first-order valence-corrected chi connectivity index (χ1v) is 13.8. The fourth-order valence-electron chi connectivity index (χ4n) is 3.30. The van der Waals surface area contributed by atoms with Crippen molar-refractivity contribution < 1.29 is 34.0 Å². The van der Waals surface area contributed by atoms with E-state index in [-0.39, 0.29) is 18.3 Å². The lowest BCUT2D eigenvalue weighted by atomic mass is 10.1. The normalized spacial score (nSPS) is 11.9.